The molecule has 0 aliphatic carbocycles. The first-order valence-electron chi connectivity index (χ1n) is 5.02. The van der Waals surface area contributed by atoms with E-state index in [0.717, 1.165) is 15.9 Å². The van der Waals surface area contributed by atoms with Gasteiger partial charge in [-0.2, -0.15) is 0 Å². The molecule has 82 valence electrons. The van der Waals surface area contributed by atoms with Crippen molar-refractivity contribution in [3.05, 3.63) is 22.7 Å². The van der Waals surface area contributed by atoms with E-state index in [2.05, 4.69) is 40.9 Å². The van der Waals surface area contributed by atoms with Crippen molar-refractivity contribution < 1.29 is 4.74 Å². The minimum Gasteiger partial charge on any atom is -0.485 e. The molecule has 0 bridgehead atoms. The van der Waals surface area contributed by atoms with Gasteiger partial charge in [-0.3, -0.25) is 0 Å². The van der Waals surface area contributed by atoms with E-state index < -0.39 is 0 Å². The Labute approximate surface area is 98.3 Å². The highest BCUT2D eigenvalue weighted by Crippen LogP contribution is 2.36. The maximum absolute atomic E-state index is 5.85. The summed E-state index contributed by atoms with van der Waals surface area (Å²) in [5, 5.41) is 0. The first-order valence-corrected chi connectivity index (χ1v) is 5.82. The van der Waals surface area contributed by atoms with E-state index in [4.69, 9.17) is 10.5 Å². The van der Waals surface area contributed by atoms with Gasteiger partial charge in [0.15, 0.2) is 0 Å². The van der Waals surface area contributed by atoms with Crippen molar-refractivity contribution in [2.45, 2.75) is 19.1 Å². The minimum absolute atomic E-state index is 0.0665. The van der Waals surface area contributed by atoms with E-state index >= 15 is 0 Å². The molecule has 0 radical (unpaired) electrons. The van der Waals surface area contributed by atoms with E-state index in [1.54, 1.807) is 0 Å². The summed E-state index contributed by atoms with van der Waals surface area (Å²) in [7, 11) is 2.07. The van der Waals surface area contributed by atoms with Crippen LogP contribution in [0.15, 0.2) is 22.7 Å². The number of ether oxygens (including phenoxy) is 1. The standard InChI is InChI=1S/C11H15BrN2O/c1-7-11(6-13)15-10-5-8(12)3-4-9(10)14(7)2/h3-5,7,11H,6,13H2,1-2H3. The van der Waals surface area contributed by atoms with Gasteiger partial charge in [0.2, 0.25) is 0 Å². The van der Waals surface area contributed by atoms with Gasteiger partial charge in [-0.05, 0) is 25.1 Å². The summed E-state index contributed by atoms with van der Waals surface area (Å²) in [6.45, 7) is 2.67. The zero-order valence-electron chi connectivity index (χ0n) is 8.90. The molecule has 2 atom stereocenters. The highest BCUT2D eigenvalue weighted by atomic mass is 79.9. The van der Waals surface area contributed by atoms with Crippen molar-refractivity contribution in [2.24, 2.45) is 5.73 Å². The van der Waals surface area contributed by atoms with Gasteiger partial charge in [0.05, 0.1) is 11.7 Å². The largest absolute Gasteiger partial charge is 0.485 e. The fourth-order valence-corrected chi connectivity index (χ4v) is 2.19. The van der Waals surface area contributed by atoms with Crippen LogP contribution >= 0.6 is 15.9 Å². The molecule has 1 aromatic rings. The summed E-state index contributed by atoms with van der Waals surface area (Å²) in [5.41, 5.74) is 6.81. The lowest BCUT2D eigenvalue weighted by Gasteiger charge is -2.39. The minimum atomic E-state index is 0.0665. The second kappa shape index (κ2) is 4.02. The fraction of sp³-hybridized carbons (Fsp3) is 0.455. The Balaban J connectivity index is 2.40. The quantitative estimate of drug-likeness (QED) is 0.849. The smallest absolute Gasteiger partial charge is 0.144 e. The van der Waals surface area contributed by atoms with Crippen LogP contribution in [0.25, 0.3) is 0 Å². The molecule has 4 heteroatoms. The Kier molecular flexibility index (Phi) is 2.89. The molecule has 3 nitrogen and oxygen atoms in total. The first kappa shape index (κ1) is 10.8. The summed E-state index contributed by atoms with van der Waals surface area (Å²) in [6, 6.07) is 6.38. The number of likely N-dealkylation sites (N-methyl/N-ethyl adjacent to an activating group) is 1. The normalized spacial score (nSPS) is 24.7. The molecule has 15 heavy (non-hydrogen) atoms. The van der Waals surface area contributed by atoms with Crippen molar-refractivity contribution in [3.63, 3.8) is 0 Å². The summed E-state index contributed by atoms with van der Waals surface area (Å²) in [6.07, 6.45) is 0.0665. The number of hydrogen-bond donors (Lipinski definition) is 1. The Morgan fingerprint density at radius 2 is 2.27 bits per heavy atom. The molecule has 0 aromatic heterocycles. The van der Waals surface area contributed by atoms with E-state index in [1.165, 1.54) is 0 Å². The third-order valence-corrected chi connectivity index (χ3v) is 3.45. The predicted molar refractivity (Wildman–Crippen MR) is 65.5 cm³/mol. The van der Waals surface area contributed by atoms with Crippen LogP contribution in [0.5, 0.6) is 5.75 Å². The first-order chi connectivity index (χ1) is 7.13. The van der Waals surface area contributed by atoms with Crippen molar-refractivity contribution in [2.75, 3.05) is 18.5 Å². The molecule has 2 N–H and O–H groups in total. The molecule has 0 saturated carbocycles. The molecular formula is C11H15BrN2O. The summed E-state index contributed by atoms with van der Waals surface area (Å²) in [4.78, 5) is 2.21. The number of rotatable bonds is 1. The predicted octanol–water partition coefficient (Wildman–Crippen LogP) is 1.99. The lowest BCUT2D eigenvalue weighted by atomic mass is 10.1. The van der Waals surface area contributed by atoms with Crippen molar-refractivity contribution in [3.8, 4) is 5.75 Å². The molecule has 1 aliphatic heterocycles. The molecule has 1 aliphatic rings. The average molecular weight is 271 g/mol. The molecule has 0 amide bonds. The molecule has 1 aromatic carbocycles. The molecule has 0 saturated heterocycles. The number of hydrogen-bond acceptors (Lipinski definition) is 3. The van der Waals surface area contributed by atoms with E-state index in [1.807, 2.05) is 12.1 Å². The lowest BCUT2D eigenvalue weighted by Crippen LogP contribution is -2.49. The van der Waals surface area contributed by atoms with Crippen LogP contribution in [-0.2, 0) is 0 Å². The van der Waals surface area contributed by atoms with Gasteiger partial charge in [-0.1, -0.05) is 15.9 Å². The fourth-order valence-electron chi connectivity index (χ4n) is 1.85. The second-order valence-corrected chi connectivity index (χ2v) is 4.77. The van der Waals surface area contributed by atoms with Gasteiger partial charge < -0.3 is 15.4 Å². The molecular weight excluding hydrogens is 256 g/mol. The van der Waals surface area contributed by atoms with Gasteiger partial charge in [-0.15, -0.1) is 0 Å². The molecule has 0 spiro atoms. The van der Waals surface area contributed by atoms with Gasteiger partial charge in [-0.25, -0.2) is 0 Å². The Hall–Kier alpha value is -0.740. The maximum atomic E-state index is 5.85. The van der Waals surface area contributed by atoms with Gasteiger partial charge in [0.25, 0.3) is 0 Å². The van der Waals surface area contributed by atoms with Gasteiger partial charge in [0, 0.05) is 18.1 Å². The van der Waals surface area contributed by atoms with Gasteiger partial charge in [0.1, 0.15) is 11.9 Å². The van der Waals surface area contributed by atoms with Crippen molar-refractivity contribution in [1.29, 1.82) is 0 Å². The molecule has 0 fully saturated rings. The average Bonchev–Trinajstić information content (AvgIpc) is 2.23. The lowest BCUT2D eigenvalue weighted by molar-refractivity contribution is 0.168. The topological polar surface area (TPSA) is 38.5 Å². The monoisotopic (exact) mass is 270 g/mol. The van der Waals surface area contributed by atoms with E-state index in [-0.39, 0.29) is 6.10 Å². The van der Waals surface area contributed by atoms with Gasteiger partial charge >= 0.3 is 0 Å². The van der Waals surface area contributed by atoms with Crippen molar-refractivity contribution in [1.82, 2.24) is 0 Å². The zero-order valence-corrected chi connectivity index (χ0v) is 10.5. The van der Waals surface area contributed by atoms with E-state index in [9.17, 15) is 0 Å². The number of halogens is 1. The number of nitrogens with zero attached hydrogens (tertiary/aromatic N) is 1. The van der Waals surface area contributed by atoms with Crippen molar-refractivity contribution >= 4 is 21.6 Å². The molecule has 1 heterocycles. The third kappa shape index (κ3) is 1.84. The van der Waals surface area contributed by atoms with Crippen LogP contribution in [0.1, 0.15) is 6.92 Å². The number of nitrogens with two attached hydrogens (primary N) is 1. The highest BCUT2D eigenvalue weighted by molar-refractivity contribution is 9.10. The van der Waals surface area contributed by atoms with Crippen LogP contribution in [0, 0.1) is 0 Å². The van der Waals surface area contributed by atoms with Crippen LogP contribution in [0.3, 0.4) is 0 Å². The second-order valence-electron chi connectivity index (χ2n) is 3.86. The SMILES string of the molecule is CC1C(CN)Oc2cc(Br)ccc2N1C. The van der Waals surface area contributed by atoms with E-state index in [0.29, 0.717) is 12.6 Å². The highest BCUT2D eigenvalue weighted by Gasteiger charge is 2.29. The Bertz CT molecular complexity index is 370. The number of fused-ring (bicyclic) bond motifs is 1. The number of anilines is 1. The number of benzene rings is 1. The summed E-state index contributed by atoms with van der Waals surface area (Å²) in [5.74, 6) is 0.903. The Morgan fingerprint density at radius 3 is 2.93 bits per heavy atom. The summed E-state index contributed by atoms with van der Waals surface area (Å²) < 4.78 is 6.88. The van der Waals surface area contributed by atoms with Crippen LogP contribution in [0.2, 0.25) is 0 Å². The van der Waals surface area contributed by atoms with Crippen LogP contribution in [-0.4, -0.2) is 25.7 Å². The Morgan fingerprint density at radius 1 is 1.53 bits per heavy atom. The third-order valence-electron chi connectivity index (χ3n) is 2.96. The summed E-state index contributed by atoms with van der Waals surface area (Å²) >= 11 is 3.44. The van der Waals surface area contributed by atoms with Crippen LogP contribution < -0.4 is 15.4 Å². The zero-order chi connectivity index (χ0) is 11.0. The molecule has 2 rings (SSSR count). The molecule has 2 unspecified atom stereocenters. The van der Waals surface area contributed by atoms with Crippen LogP contribution in [0.4, 0.5) is 5.69 Å². The maximum Gasteiger partial charge on any atom is 0.144 e.